The summed E-state index contributed by atoms with van der Waals surface area (Å²) in [5.41, 5.74) is 3.34. The molecule has 3 rings (SSSR count). The fourth-order valence-corrected chi connectivity index (χ4v) is 2.89. The summed E-state index contributed by atoms with van der Waals surface area (Å²) in [6, 6.07) is 13.5. The molecule has 0 radical (unpaired) electrons. The molecule has 0 aliphatic rings. The van der Waals surface area contributed by atoms with E-state index in [1.165, 1.54) is 0 Å². The normalized spacial score (nSPS) is 10.9. The van der Waals surface area contributed by atoms with E-state index in [4.69, 9.17) is 9.47 Å². The van der Waals surface area contributed by atoms with E-state index >= 15 is 0 Å². The van der Waals surface area contributed by atoms with E-state index in [1.807, 2.05) is 56.3 Å². The quantitative estimate of drug-likeness (QED) is 0.663. The third kappa shape index (κ3) is 3.70. The van der Waals surface area contributed by atoms with E-state index in [1.54, 1.807) is 7.11 Å². The highest BCUT2D eigenvalue weighted by atomic mass is 16.5. The molecule has 0 bridgehead atoms. The van der Waals surface area contributed by atoms with Crippen LogP contribution in [0, 0.1) is 6.92 Å². The molecule has 6 heteroatoms. The molecule has 1 aromatic heterocycles. The average molecular weight is 353 g/mol. The lowest BCUT2D eigenvalue weighted by Gasteiger charge is -2.09. The average Bonchev–Trinajstić information content (AvgIpc) is 2.97. The number of hydrogen-bond donors (Lipinski definition) is 1. The molecule has 2 aromatic carbocycles. The van der Waals surface area contributed by atoms with Crippen LogP contribution in [0.25, 0.3) is 16.7 Å². The van der Waals surface area contributed by atoms with Gasteiger partial charge in [-0.2, -0.15) is 0 Å². The smallest absolute Gasteiger partial charge is 0.251 e. The molecule has 136 valence electrons. The van der Waals surface area contributed by atoms with Crippen molar-refractivity contribution >= 4 is 16.9 Å². The minimum Gasteiger partial charge on any atom is -0.494 e. The highest BCUT2D eigenvalue weighted by Crippen LogP contribution is 2.24. The van der Waals surface area contributed by atoms with Crippen LogP contribution in [-0.4, -0.2) is 42.3 Å². The molecule has 1 heterocycles. The zero-order valence-electron chi connectivity index (χ0n) is 15.3. The summed E-state index contributed by atoms with van der Waals surface area (Å²) < 4.78 is 12.5. The molecule has 0 aliphatic heterocycles. The topological polar surface area (TPSA) is 65.4 Å². The van der Waals surface area contributed by atoms with Gasteiger partial charge in [0.2, 0.25) is 0 Å². The van der Waals surface area contributed by atoms with E-state index in [2.05, 4.69) is 14.9 Å². The number of methoxy groups -OCH3 is 1. The molecule has 0 fully saturated rings. The number of imidazole rings is 1. The first-order chi connectivity index (χ1) is 12.6. The number of aryl methyl sites for hydroxylation is 1. The van der Waals surface area contributed by atoms with Crippen molar-refractivity contribution in [2.45, 2.75) is 13.8 Å². The second kappa shape index (κ2) is 8.01. The van der Waals surface area contributed by atoms with Crippen molar-refractivity contribution in [3.05, 3.63) is 53.9 Å². The van der Waals surface area contributed by atoms with Crippen LogP contribution in [-0.2, 0) is 4.74 Å². The third-order valence-corrected chi connectivity index (χ3v) is 4.08. The zero-order valence-corrected chi connectivity index (χ0v) is 15.3. The lowest BCUT2D eigenvalue weighted by atomic mass is 10.2. The maximum atomic E-state index is 12.2. The van der Waals surface area contributed by atoms with Crippen LogP contribution in [0.3, 0.4) is 0 Å². The Hall–Kier alpha value is -2.86. The molecule has 0 unspecified atom stereocenters. The van der Waals surface area contributed by atoms with Crippen molar-refractivity contribution < 1.29 is 14.3 Å². The molecular formula is C20H23N3O3. The molecular weight excluding hydrogens is 330 g/mol. The largest absolute Gasteiger partial charge is 0.494 e. The molecule has 0 atom stereocenters. The van der Waals surface area contributed by atoms with E-state index in [0.29, 0.717) is 25.3 Å². The zero-order chi connectivity index (χ0) is 18.5. The maximum Gasteiger partial charge on any atom is 0.251 e. The van der Waals surface area contributed by atoms with Gasteiger partial charge in [0, 0.05) is 24.9 Å². The first-order valence-electron chi connectivity index (χ1n) is 8.63. The van der Waals surface area contributed by atoms with Crippen molar-refractivity contribution in [2.75, 3.05) is 26.9 Å². The van der Waals surface area contributed by atoms with E-state index in [9.17, 15) is 4.79 Å². The van der Waals surface area contributed by atoms with Crippen LogP contribution in [0.2, 0.25) is 0 Å². The van der Waals surface area contributed by atoms with Gasteiger partial charge in [-0.05, 0) is 56.3 Å². The number of nitrogens with zero attached hydrogens (tertiary/aromatic N) is 2. The fourth-order valence-electron chi connectivity index (χ4n) is 2.89. The van der Waals surface area contributed by atoms with Crippen LogP contribution >= 0.6 is 0 Å². The molecule has 3 aromatic rings. The Balaban J connectivity index is 1.90. The van der Waals surface area contributed by atoms with Gasteiger partial charge in [0.05, 0.1) is 24.2 Å². The summed E-state index contributed by atoms with van der Waals surface area (Å²) >= 11 is 0. The number of fused-ring (bicyclic) bond motifs is 1. The molecule has 0 aliphatic carbocycles. The lowest BCUT2D eigenvalue weighted by Crippen LogP contribution is -2.26. The van der Waals surface area contributed by atoms with Crippen LogP contribution in [0.5, 0.6) is 5.75 Å². The maximum absolute atomic E-state index is 12.2. The molecule has 0 saturated carbocycles. The van der Waals surface area contributed by atoms with Crippen molar-refractivity contribution in [2.24, 2.45) is 0 Å². The second-order valence-electron chi connectivity index (χ2n) is 5.87. The third-order valence-electron chi connectivity index (χ3n) is 4.08. The predicted molar refractivity (Wildman–Crippen MR) is 101 cm³/mol. The van der Waals surface area contributed by atoms with Crippen LogP contribution in [0.1, 0.15) is 23.1 Å². The van der Waals surface area contributed by atoms with Gasteiger partial charge >= 0.3 is 0 Å². The predicted octanol–water partition coefficient (Wildman–Crippen LogP) is 3.11. The van der Waals surface area contributed by atoms with Gasteiger partial charge in [-0.3, -0.25) is 9.36 Å². The van der Waals surface area contributed by atoms with Gasteiger partial charge in [0.25, 0.3) is 5.91 Å². The number of amides is 1. The number of rotatable bonds is 7. The summed E-state index contributed by atoms with van der Waals surface area (Å²) in [7, 11) is 1.61. The van der Waals surface area contributed by atoms with Gasteiger partial charge in [0.1, 0.15) is 11.6 Å². The summed E-state index contributed by atoms with van der Waals surface area (Å²) in [4.78, 5) is 16.8. The van der Waals surface area contributed by atoms with Crippen molar-refractivity contribution in [3.8, 4) is 11.4 Å². The summed E-state index contributed by atoms with van der Waals surface area (Å²) in [6.07, 6.45) is 0. The number of benzene rings is 2. The Morgan fingerprint density at radius 2 is 1.96 bits per heavy atom. The van der Waals surface area contributed by atoms with E-state index in [0.717, 1.165) is 28.3 Å². The van der Waals surface area contributed by atoms with Gasteiger partial charge in [-0.15, -0.1) is 0 Å². The Morgan fingerprint density at radius 1 is 1.19 bits per heavy atom. The summed E-state index contributed by atoms with van der Waals surface area (Å²) in [5, 5.41) is 2.82. The summed E-state index contributed by atoms with van der Waals surface area (Å²) in [6.45, 7) is 5.52. The number of hydrogen-bond acceptors (Lipinski definition) is 4. The molecule has 1 N–H and O–H groups in total. The number of ether oxygens (including phenoxy) is 2. The van der Waals surface area contributed by atoms with Crippen LogP contribution in [0.4, 0.5) is 0 Å². The Kier molecular flexibility index (Phi) is 5.53. The SMILES string of the molecule is CCOc1ccc(-n2c(C)nc3cc(C(=O)NCCOC)ccc32)cc1. The monoisotopic (exact) mass is 353 g/mol. The van der Waals surface area contributed by atoms with E-state index < -0.39 is 0 Å². The Morgan fingerprint density at radius 3 is 2.65 bits per heavy atom. The van der Waals surface area contributed by atoms with Crippen LogP contribution in [0.15, 0.2) is 42.5 Å². The van der Waals surface area contributed by atoms with Gasteiger partial charge in [-0.1, -0.05) is 0 Å². The van der Waals surface area contributed by atoms with Crippen molar-refractivity contribution in [3.63, 3.8) is 0 Å². The van der Waals surface area contributed by atoms with Crippen molar-refractivity contribution in [1.82, 2.24) is 14.9 Å². The number of carbonyl (C=O) groups is 1. The van der Waals surface area contributed by atoms with Gasteiger partial charge in [-0.25, -0.2) is 4.98 Å². The van der Waals surface area contributed by atoms with Gasteiger partial charge in [0.15, 0.2) is 0 Å². The lowest BCUT2D eigenvalue weighted by molar-refractivity contribution is 0.0937. The standard InChI is InChI=1S/C20H23N3O3/c1-4-26-17-8-6-16(7-9-17)23-14(2)22-18-13-15(5-10-19(18)23)20(24)21-11-12-25-3/h5-10,13H,4,11-12H2,1-3H3,(H,21,24). The first kappa shape index (κ1) is 17.9. The minimum atomic E-state index is -0.128. The molecule has 1 amide bonds. The molecule has 0 saturated heterocycles. The Labute approximate surface area is 152 Å². The highest BCUT2D eigenvalue weighted by Gasteiger charge is 2.12. The number of aromatic nitrogens is 2. The highest BCUT2D eigenvalue weighted by molar-refractivity contribution is 5.97. The minimum absolute atomic E-state index is 0.128. The second-order valence-corrected chi connectivity index (χ2v) is 5.87. The van der Waals surface area contributed by atoms with Gasteiger partial charge < -0.3 is 14.8 Å². The molecule has 6 nitrogen and oxygen atoms in total. The number of nitrogens with one attached hydrogen (secondary N) is 1. The number of carbonyl (C=O) groups excluding carboxylic acids is 1. The van der Waals surface area contributed by atoms with Crippen molar-refractivity contribution in [1.29, 1.82) is 0 Å². The van der Waals surface area contributed by atoms with Crippen LogP contribution < -0.4 is 10.1 Å². The summed E-state index contributed by atoms with van der Waals surface area (Å²) in [5.74, 6) is 1.58. The fraction of sp³-hybridized carbons (Fsp3) is 0.300. The molecule has 26 heavy (non-hydrogen) atoms. The Bertz CT molecular complexity index is 901. The van der Waals surface area contributed by atoms with E-state index in [-0.39, 0.29) is 5.91 Å². The first-order valence-corrected chi connectivity index (χ1v) is 8.63. The molecule has 0 spiro atoms.